The molecule has 1 aliphatic heterocycles. The fraction of sp³-hybridized carbons (Fsp3) is 0.300. The summed E-state index contributed by atoms with van der Waals surface area (Å²) in [5.74, 6) is 0.790. The van der Waals surface area contributed by atoms with Crippen LogP contribution < -0.4 is 10.1 Å². The number of hydrogen-bond donors (Lipinski definition) is 1. The van der Waals surface area contributed by atoms with E-state index in [1.807, 2.05) is 24.3 Å². The number of alkyl carbamates (subject to hydrolysis) is 1. The number of carbonyl (C=O) groups excluding carboxylic acids is 1. The highest BCUT2D eigenvalue weighted by Gasteiger charge is 2.22. The summed E-state index contributed by atoms with van der Waals surface area (Å²) in [6, 6.07) is 7.72. The molecule has 0 bridgehead atoms. The fourth-order valence-corrected chi connectivity index (χ4v) is 1.60. The third kappa shape index (κ3) is 2.98. The number of amides is 1. The van der Waals surface area contributed by atoms with Crippen molar-refractivity contribution < 1.29 is 14.3 Å². The molecule has 1 aromatic rings. The molecular weight excluding hydrogens is 309 g/mol. The van der Waals surface area contributed by atoms with Crippen LogP contribution >= 0.6 is 22.6 Å². The van der Waals surface area contributed by atoms with Gasteiger partial charge in [-0.2, -0.15) is 0 Å². The topological polar surface area (TPSA) is 47.6 Å². The zero-order valence-corrected chi connectivity index (χ0v) is 10.1. The van der Waals surface area contributed by atoms with Crippen molar-refractivity contribution in [3.05, 3.63) is 27.8 Å². The van der Waals surface area contributed by atoms with Crippen molar-refractivity contribution in [2.45, 2.75) is 6.10 Å². The van der Waals surface area contributed by atoms with Crippen molar-refractivity contribution in [2.24, 2.45) is 0 Å². The Kier molecular flexibility index (Phi) is 3.30. The van der Waals surface area contributed by atoms with Crippen molar-refractivity contribution in [1.29, 1.82) is 0 Å². The lowest BCUT2D eigenvalue weighted by atomic mass is 10.3. The van der Waals surface area contributed by atoms with E-state index in [9.17, 15) is 4.79 Å². The Morgan fingerprint density at radius 2 is 2.20 bits per heavy atom. The summed E-state index contributed by atoms with van der Waals surface area (Å²) in [4.78, 5) is 10.7. The minimum absolute atomic E-state index is 0.184. The molecule has 0 saturated carbocycles. The monoisotopic (exact) mass is 319 g/mol. The van der Waals surface area contributed by atoms with Gasteiger partial charge in [0.05, 0.1) is 6.54 Å². The van der Waals surface area contributed by atoms with E-state index in [-0.39, 0.29) is 12.2 Å². The summed E-state index contributed by atoms with van der Waals surface area (Å²) in [5.41, 5.74) is 0. The molecule has 1 saturated heterocycles. The Balaban J connectivity index is 1.83. The van der Waals surface area contributed by atoms with Crippen molar-refractivity contribution in [3.63, 3.8) is 0 Å². The Labute approximate surface area is 101 Å². The van der Waals surface area contributed by atoms with E-state index in [0.717, 1.165) is 9.32 Å². The largest absolute Gasteiger partial charge is 0.490 e. The first kappa shape index (κ1) is 10.5. The standard InChI is InChI=1S/C10H10INO3/c11-7-1-3-8(4-2-7)14-6-9-5-12-10(13)15-9/h1-4,9H,5-6H2,(H,12,13). The Bertz CT molecular complexity index is 352. The lowest BCUT2D eigenvalue weighted by Crippen LogP contribution is -2.21. The van der Waals surface area contributed by atoms with Crippen molar-refractivity contribution in [2.75, 3.05) is 13.2 Å². The lowest BCUT2D eigenvalue weighted by molar-refractivity contribution is 0.105. The van der Waals surface area contributed by atoms with E-state index in [0.29, 0.717) is 13.2 Å². The molecule has 1 aliphatic rings. The highest BCUT2D eigenvalue weighted by atomic mass is 127. The molecule has 0 spiro atoms. The minimum Gasteiger partial charge on any atom is -0.490 e. The molecular formula is C10H10INO3. The SMILES string of the molecule is O=C1NCC(COc2ccc(I)cc2)O1. The number of rotatable bonds is 3. The second-order valence-electron chi connectivity index (χ2n) is 3.17. The number of ether oxygens (including phenoxy) is 2. The van der Waals surface area contributed by atoms with Gasteiger partial charge in [0, 0.05) is 3.57 Å². The van der Waals surface area contributed by atoms with Crippen molar-refractivity contribution in [3.8, 4) is 5.75 Å². The first-order valence-electron chi connectivity index (χ1n) is 4.57. The number of cyclic esters (lactones) is 1. The van der Waals surface area contributed by atoms with Gasteiger partial charge < -0.3 is 14.8 Å². The molecule has 5 heteroatoms. The zero-order chi connectivity index (χ0) is 10.7. The van der Waals surface area contributed by atoms with E-state index < -0.39 is 0 Å². The summed E-state index contributed by atoms with van der Waals surface area (Å²) in [7, 11) is 0. The summed E-state index contributed by atoms with van der Waals surface area (Å²) in [6.07, 6.45) is -0.553. The number of hydrogen-bond acceptors (Lipinski definition) is 3. The molecule has 1 heterocycles. The molecule has 1 amide bonds. The molecule has 4 nitrogen and oxygen atoms in total. The molecule has 1 aromatic carbocycles. The Morgan fingerprint density at radius 3 is 2.80 bits per heavy atom. The van der Waals surface area contributed by atoms with Gasteiger partial charge in [0.25, 0.3) is 0 Å². The van der Waals surface area contributed by atoms with Crippen LogP contribution in [0, 0.1) is 3.57 Å². The van der Waals surface area contributed by atoms with Gasteiger partial charge in [-0.25, -0.2) is 4.79 Å². The minimum atomic E-state index is -0.369. The van der Waals surface area contributed by atoms with Gasteiger partial charge in [-0.05, 0) is 46.9 Å². The van der Waals surface area contributed by atoms with Gasteiger partial charge in [-0.15, -0.1) is 0 Å². The van der Waals surface area contributed by atoms with Gasteiger partial charge in [0.2, 0.25) is 0 Å². The summed E-state index contributed by atoms with van der Waals surface area (Å²) in [6.45, 7) is 0.905. The van der Waals surface area contributed by atoms with Crippen LogP contribution in [-0.2, 0) is 4.74 Å². The van der Waals surface area contributed by atoms with Gasteiger partial charge >= 0.3 is 6.09 Å². The summed E-state index contributed by atoms with van der Waals surface area (Å²) in [5, 5.41) is 2.57. The number of nitrogens with one attached hydrogen (secondary N) is 1. The van der Waals surface area contributed by atoms with Crippen LogP contribution in [0.1, 0.15) is 0 Å². The third-order valence-corrected chi connectivity index (χ3v) is 2.72. The predicted octanol–water partition coefficient (Wildman–Crippen LogP) is 1.78. The summed E-state index contributed by atoms with van der Waals surface area (Å²) < 4.78 is 11.6. The molecule has 15 heavy (non-hydrogen) atoms. The highest BCUT2D eigenvalue weighted by Crippen LogP contribution is 2.14. The molecule has 1 unspecified atom stereocenters. The van der Waals surface area contributed by atoms with Crippen LogP contribution in [0.4, 0.5) is 4.79 Å². The van der Waals surface area contributed by atoms with E-state index in [2.05, 4.69) is 27.9 Å². The maximum Gasteiger partial charge on any atom is 0.407 e. The molecule has 1 fully saturated rings. The van der Waals surface area contributed by atoms with Crippen LogP contribution in [0.2, 0.25) is 0 Å². The fourth-order valence-electron chi connectivity index (χ4n) is 1.24. The molecule has 80 valence electrons. The summed E-state index contributed by atoms with van der Waals surface area (Å²) >= 11 is 2.23. The zero-order valence-electron chi connectivity index (χ0n) is 7.90. The van der Waals surface area contributed by atoms with Gasteiger partial charge in [-0.3, -0.25) is 0 Å². The van der Waals surface area contributed by atoms with Crippen LogP contribution in [0.15, 0.2) is 24.3 Å². The molecule has 2 rings (SSSR count). The Morgan fingerprint density at radius 1 is 1.47 bits per heavy atom. The maximum atomic E-state index is 10.7. The first-order chi connectivity index (χ1) is 7.24. The second-order valence-corrected chi connectivity index (χ2v) is 4.42. The maximum absolute atomic E-state index is 10.7. The average Bonchev–Trinajstić information content (AvgIpc) is 2.64. The lowest BCUT2D eigenvalue weighted by Gasteiger charge is -2.09. The highest BCUT2D eigenvalue weighted by molar-refractivity contribution is 14.1. The third-order valence-electron chi connectivity index (χ3n) is 2.00. The van der Waals surface area contributed by atoms with Crippen LogP contribution in [-0.4, -0.2) is 25.3 Å². The number of halogens is 1. The van der Waals surface area contributed by atoms with E-state index in [4.69, 9.17) is 9.47 Å². The average molecular weight is 319 g/mol. The Hall–Kier alpha value is -0.980. The van der Waals surface area contributed by atoms with Crippen LogP contribution in [0.25, 0.3) is 0 Å². The first-order valence-corrected chi connectivity index (χ1v) is 5.65. The quantitative estimate of drug-likeness (QED) is 0.864. The molecule has 1 atom stereocenters. The van der Waals surface area contributed by atoms with Crippen molar-refractivity contribution in [1.82, 2.24) is 5.32 Å². The van der Waals surface area contributed by atoms with Gasteiger partial charge in [0.1, 0.15) is 12.4 Å². The molecule has 0 radical (unpaired) electrons. The van der Waals surface area contributed by atoms with Gasteiger partial charge in [-0.1, -0.05) is 0 Å². The normalized spacial score (nSPS) is 19.5. The predicted molar refractivity (Wildman–Crippen MR) is 62.9 cm³/mol. The van der Waals surface area contributed by atoms with Gasteiger partial charge in [0.15, 0.2) is 6.10 Å². The number of benzene rings is 1. The molecule has 0 aliphatic carbocycles. The number of carbonyl (C=O) groups is 1. The van der Waals surface area contributed by atoms with Crippen molar-refractivity contribution >= 4 is 28.7 Å². The molecule has 1 N–H and O–H groups in total. The van der Waals surface area contributed by atoms with E-state index in [1.54, 1.807) is 0 Å². The van der Waals surface area contributed by atoms with Crippen LogP contribution in [0.3, 0.4) is 0 Å². The van der Waals surface area contributed by atoms with Crippen LogP contribution in [0.5, 0.6) is 5.75 Å². The van der Waals surface area contributed by atoms with E-state index >= 15 is 0 Å². The van der Waals surface area contributed by atoms with E-state index in [1.165, 1.54) is 0 Å². The second kappa shape index (κ2) is 4.69. The smallest absolute Gasteiger partial charge is 0.407 e. The molecule has 0 aromatic heterocycles.